The molecular formula is C28H52N2. The van der Waals surface area contributed by atoms with Crippen LogP contribution < -0.4 is 0 Å². The minimum Gasteiger partial charge on any atom is -0.361 e. The molecule has 0 aliphatic carbocycles. The molecular weight excluding hydrogens is 364 g/mol. The van der Waals surface area contributed by atoms with Crippen LogP contribution in [0.1, 0.15) is 142 Å². The molecule has 0 aliphatic heterocycles. The molecule has 30 heavy (non-hydrogen) atoms. The highest BCUT2D eigenvalue weighted by molar-refractivity contribution is 5.84. The van der Waals surface area contributed by atoms with Gasteiger partial charge in [0.05, 0.1) is 11.2 Å². The minimum absolute atomic E-state index is 0.621. The number of hydrogen-bond acceptors (Lipinski definition) is 1. The summed E-state index contributed by atoms with van der Waals surface area (Å²) in [6.07, 6.45) is 21.7. The second-order valence-corrected chi connectivity index (χ2v) is 8.34. The molecule has 0 spiro atoms. The fraction of sp³-hybridized carbons (Fsp3) is 0.750. The van der Waals surface area contributed by atoms with Gasteiger partial charge >= 0.3 is 0 Å². The van der Waals surface area contributed by atoms with Crippen LogP contribution in [-0.4, -0.2) is 9.97 Å². The van der Waals surface area contributed by atoms with Crippen LogP contribution in [0, 0.1) is 6.92 Å². The lowest BCUT2D eigenvalue weighted by atomic mass is 9.91. The molecule has 2 heterocycles. The first-order valence-corrected chi connectivity index (χ1v) is 13.1. The molecule has 0 radical (unpaired) electrons. The predicted octanol–water partition coefficient (Wildman–Crippen LogP) is 10.1. The maximum absolute atomic E-state index is 4.76. The number of rotatable bonds is 13. The Balaban J connectivity index is 0.000000648. The Kier molecular flexibility index (Phi) is 18.8. The molecule has 0 bridgehead atoms. The number of aryl methyl sites for hydroxylation is 1. The van der Waals surface area contributed by atoms with E-state index in [0.717, 1.165) is 0 Å². The van der Waals surface area contributed by atoms with Crippen molar-refractivity contribution in [3.63, 3.8) is 0 Å². The molecule has 1 atom stereocenters. The van der Waals surface area contributed by atoms with E-state index in [4.69, 9.17) is 4.98 Å². The third-order valence-electron chi connectivity index (χ3n) is 5.70. The molecule has 1 N–H and O–H groups in total. The van der Waals surface area contributed by atoms with Gasteiger partial charge in [0.25, 0.3) is 0 Å². The second-order valence-electron chi connectivity index (χ2n) is 8.34. The van der Waals surface area contributed by atoms with Gasteiger partial charge in [0, 0.05) is 23.7 Å². The summed E-state index contributed by atoms with van der Waals surface area (Å²) >= 11 is 0. The van der Waals surface area contributed by atoms with Crippen molar-refractivity contribution in [2.45, 2.75) is 138 Å². The summed E-state index contributed by atoms with van der Waals surface area (Å²) in [5.74, 6) is 0.621. The van der Waals surface area contributed by atoms with E-state index in [-0.39, 0.29) is 0 Å². The summed E-state index contributed by atoms with van der Waals surface area (Å²) in [6.45, 7) is 15.2. The van der Waals surface area contributed by atoms with Crippen molar-refractivity contribution in [3.05, 3.63) is 29.7 Å². The lowest BCUT2D eigenvalue weighted by Crippen LogP contribution is -2.03. The highest BCUT2D eigenvalue weighted by Crippen LogP contribution is 2.31. The van der Waals surface area contributed by atoms with Crippen LogP contribution in [0.4, 0.5) is 0 Å². The number of aromatic amines is 1. The van der Waals surface area contributed by atoms with Gasteiger partial charge in [0.2, 0.25) is 0 Å². The lowest BCUT2D eigenvalue weighted by Gasteiger charge is -2.17. The fourth-order valence-corrected chi connectivity index (χ4v) is 3.97. The van der Waals surface area contributed by atoms with Gasteiger partial charge in [-0.1, -0.05) is 112 Å². The van der Waals surface area contributed by atoms with E-state index < -0.39 is 0 Å². The van der Waals surface area contributed by atoms with Crippen molar-refractivity contribution in [1.82, 2.24) is 9.97 Å². The van der Waals surface area contributed by atoms with Gasteiger partial charge in [-0.15, -0.1) is 0 Å². The molecule has 2 aromatic rings. The van der Waals surface area contributed by atoms with Crippen LogP contribution in [-0.2, 0) is 0 Å². The molecule has 0 saturated heterocycles. The molecule has 2 aromatic heterocycles. The van der Waals surface area contributed by atoms with Gasteiger partial charge < -0.3 is 4.98 Å². The molecule has 0 aromatic carbocycles. The van der Waals surface area contributed by atoms with Gasteiger partial charge in [0.15, 0.2) is 0 Å². The van der Waals surface area contributed by atoms with E-state index in [1.165, 1.54) is 106 Å². The van der Waals surface area contributed by atoms with Crippen molar-refractivity contribution >= 4 is 10.9 Å². The number of H-pyrrole nitrogens is 1. The van der Waals surface area contributed by atoms with Crippen LogP contribution in [0.2, 0.25) is 0 Å². The number of nitrogens with zero attached hydrogens (tertiary/aromatic N) is 1. The van der Waals surface area contributed by atoms with E-state index in [0.29, 0.717) is 5.92 Å². The van der Waals surface area contributed by atoms with Crippen LogP contribution in [0.25, 0.3) is 10.9 Å². The molecule has 2 rings (SSSR count). The van der Waals surface area contributed by atoms with Gasteiger partial charge in [0.1, 0.15) is 0 Å². The average Bonchev–Trinajstić information content (AvgIpc) is 3.27. The highest BCUT2D eigenvalue weighted by atomic mass is 14.7. The predicted molar refractivity (Wildman–Crippen MR) is 138 cm³/mol. The zero-order valence-corrected chi connectivity index (χ0v) is 21.4. The van der Waals surface area contributed by atoms with Crippen molar-refractivity contribution in [3.8, 4) is 0 Å². The SMILES string of the molecule is CC.CCCCCC(CCC)c1ncc(C)c2[nH]ccc12.CCCCCCCCC. The summed E-state index contributed by atoms with van der Waals surface area (Å²) in [4.78, 5) is 8.11. The van der Waals surface area contributed by atoms with Crippen molar-refractivity contribution in [2.75, 3.05) is 0 Å². The molecule has 174 valence electrons. The Morgan fingerprint density at radius 1 is 0.767 bits per heavy atom. The number of hydrogen-bond donors (Lipinski definition) is 1. The zero-order valence-electron chi connectivity index (χ0n) is 21.4. The maximum Gasteiger partial charge on any atom is 0.0528 e. The Bertz CT molecular complexity index is 608. The Hall–Kier alpha value is -1.31. The number of unbranched alkanes of at least 4 members (excludes halogenated alkanes) is 8. The van der Waals surface area contributed by atoms with Gasteiger partial charge in [-0.3, -0.25) is 4.98 Å². The first-order chi connectivity index (χ1) is 14.7. The van der Waals surface area contributed by atoms with E-state index in [9.17, 15) is 0 Å². The third kappa shape index (κ3) is 11.2. The molecule has 0 fully saturated rings. The summed E-state index contributed by atoms with van der Waals surface area (Å²) in [5.41, 5.74) is 3.81. The average molecular weight is 417 g/mol. The summed E-state index contributed by atoms with van der Waals surface area (Å²) in [5, 5.41) is 1.33. The number of fused-ring (bicyclic) bond motifs is 1. The van der Waals surface area contributed by atoms with Gasteiger partial charge in [-0.25, -0.2) is 0 Å². The zero-order chi connectivity index (χ0) is 22.6. The van der Waals surface area contributed by atoms with Crippen LogP contribution in [0.15, 0.2) is 18.5 Å². The lowest BCUT2D eigenvalue weighted by molar-refractivity contribution is 0.522. The molecule has 1 unspecified atom stereocenters. The Morgan fingerprint density at radius 2 is 1.33 bits per heavy atom. The highest BCUT2D eigenvalue weighted by Gasteiger charge is 2.16. The summed E-state index contributed by atoms with van der Waals surface area (Å²) < 4.78 is 0. The van der Waals surface area contributed by atoms with Crippen LogP contribution in [0.3, 0.4) is 0 Å². The Morgan fingerprint density at radius 3 is 1.90 bits per heavy atom. The minimum atomic E-state index is 0.621. The molecule has 0 saturated carbocycles. The van der Waals surface area contributed by atoms with Crippen LogP contribution >= 0.6 is 0 Å². The third-order valence-corrected chi connectivity index (χ3v) is 5.70. The van der Waals surface area contributed by atoms with Crippen LogP contribution in [0.5, 0.6) is 0 Å². The van der Waals surface area contributed by atoms with Gasteiger partial charge in [-0.05, 0) is 31.4 Å². The summed E-state index contributed by atoms with van der Waals surface area (Å²) in [6, 6.07) is 2.19. The first kappa shape index (κ1) is 28.7. The van der Waals surface area contributed by atoms with E-state index in [1.807, 2.05) is 26.2 Å². The number of pyridine rings is 1. The van der Waals surface area contributed by atoms with Crippen molar-refractivity contribution in [1.29, 1.82) is 0 Å². The molecule has 2 heteroatoms. The quantitative estimate of drug-likeness (QED) is 0.323. The molecule has 0 aliphatic rings. The summed E-state index contributed by atoms with van der Waals surface area (Å²) in [7, 11) is 0. The standard InChI is InChI=1S/C17H26N2.C9H20.C2H6/c1-4-6-7-9-14(8-5-2)17-15-10-11-18-16(15)13(3)12-19-17;1-3-5-7-9-8-6-4-2;1-2/h10-12,14,18H,4-9H2,1-3H3;3-9H2,1-2H3;1-2H3. The van der Waals surface area contributed by atoms with Crippen molar-refractivity contribution in [2.24, 2.45) is 0 Å². The largest absolute Gasteiger partial charge is 0.361 e. The maximum atomic E-state index is 4.76. The van der Waals surface area contributed by atoms with Crippen molar-refractivity contribution < 1.29 is 0 Å². The van der Waals surface area contributed by atoms with E-state index in [1.54, 1.807) is 0 Å². The second kappa shape index (κ2) is 19.6. The van der Waals surface area contributed by atoms with Gasteiger partial charge in [-0.2, -0.15) is 0 Å². The smallest absolute Gasteiger partial charge is 0.0528 e. The van der Waals surface area contributed by atoms with E-state index >= 15 is 0 Å². The Labute approximate surface area is 188 Å². The first-order valence-electron chi connectivity index (χ1n) is 13.1. The number of aromatic nitrogens is 2. The normalized spacial score (nSPS) is 11.4. The molecule has 2 nitrogen and oxygen atoms in total. The topological polar surface area (TPSA) is 28.7 Å². The fourth-order valence-electron chi connectivity index (χ4n) is 3.97. The monoisotopic (exact) mass is 416 g/mol. The molecule has 0 amide bonds. The number of nitrogens with one attached hydrogen (secondary N) is 1. The van der Waals surface area contributed by atoms with E-state index in [2.05, 4.69) is 45.7 Å².